The fraction of sp³-hybridized carbons (Fsp3) is 0.235. The van der Waals surface area contributed by atoms with Gasteiger partial charge in [0.25, 0.3) is 0 Å². The fourth-order valence-electron chi connectivity index (χ4n) is 2.29. The van der Waals surface area contributed by atoms with Crippen molar-refractivity contribution in [2.45, 2.75) is 26.7 Å². The minimum Gasteiger partial charge on any atom is -0.303 e. The van der Waals surface area contributed by atoms with Crippen molar-refractivity contribution >= 4 is 11.3 Å². The summed E-state index contributed by atoms with van der Waals surface area (Å²) in [5, 5.41) is 2.10. The van der Waals surface area contributed by atoms with Crippen molar-refractivity contribution in [2.24, 2.45) is 0 Å². The zero-order chi connectivity index (χ0) is 13.9. The molecule has 102 valence electrons. The number of thiophene rings is 1. The summed E-state index contributed by atoms with van der Waals surface area (Å²) < 4.78 is 2.22. The Bertz CT molecular complexity index is 678. The highest BCUT2D eigenvalue weighted by atomic mass is 32.1. The third-order valence-corrected chi connectivity index (χ3v) is 4.23. The lowest BCUT2D eigenvalue weighted by Crippen LogP contribution is -1.99. The molecule has 2 heterocycles. The van der Waals surface area contributed by atoms with Crippen LogP contribution in [0.4, 0.5) is 0 Å². The van der Waals surface area contributed by atoms with Crippen molar-refractivity contribution in [1.82, 2.24) is 9.55 Å². The van der Waals surface area contributed by atoms with Crippen LogP contribution in [-0.2, 0) is 6.42 Å². The molecule has 0 radical (unpaired) electrons. The first kappa shape index (κ1) is 13.1. The SMILES string of the molecule is CCCc1nc(-c2cccs2)cn1-c1ccc(C)cc1. The van der Waals surface area contributed by atoms with Crippen LogP contribution >= 0.6 is 11.3 Å². The van der Waals surface area contributed by atoms with Crippen LogP contribution in [0.5, 0.6) is 0 Å². The van der Waals surface area contributed by atoms with Crippen LogP contribution in [0.2, 0.25) is 0 Å². The average Bonchev–Trinajstić information content (AvgIpc) is 3.09. The summed E-state index contributed by atoms with van der Waals surface area (Å²) in [6.45, 7) is 4.31. The number of imidazole rings is 1. The van der Waals surface area contributed by atoms with Gasteiger partial charge in [-0.15, -0.1) is 11.3 Å². The Morgan fingerprint density at radius 1 is 1.15 bits per heavy atom. The van der Waals surface area contributed by atoms with Gasteiger partial charge >= 0.3 is 0 Å². The second-order valence-corrected chi connectivity index (χ2v) is 5.92. The number of hydrogen-bond donors (Lipinski definition) is 0. The van der Waals surface area contributed by atoms with Gasteiger partial charge in [0, 0.05) is 18.3 Å². The van der Waals surface area contributed by atoms with Crippen LogP contribution < -0.4 is 0 Å². The van der Waals surface area contributed by atoms with E-state index in [1.807, 2.05) is 0 Å². The maximum absolute atomic E-state index is 4.81. The minimum atomic E-state index is 0.999. The lowest BCUT2D eigenvalue weighted by molar-refractivity contribution is 0.809. The lowest BCUT2D eigenvalue weighted by Gasteiger charge is -2.07. The van der Waals surface area contributed by atoms with Crippen LogP contribution in [0.25, 0.3) is 16.3 Å². The summed E-state index contributed by atoms with van der Waals surface area (Å²) >= 11 is 1.74. The largest absolute Gasteiger partial charge is 0.303 e. The molecule has 0 aliphatic heterocycles. The molecule has 0 fully saturated rings. The molecule has 0 saturated heterocycles. The molecule has 1 aromatic carbocycles. The first-order chi connectivity index (χ1) is 9.78. The van der Waals surface area contributed by atoms with Crippen LogP contribution in [0, 0.1) is 6.92 Å². The number of aromatic nitrogens is 2. The molecular weight excluding hydrogens is 264 g/mol. The summed E-state index contributed by atoms with van der Waals surface area (Å²) in [5.41, 5.74) is 3.54. The second-order valence-electron chi connectivity index (χ2n) is 4.98. The number of hydrogen-bond acceptors (Lipinski definition) is 2. The van der Waals surface area contributed by atoms with E-state index in [1.54, 1.807) is 11.3 Å². The van der Waals surface area contributed by atoms with E-state index in [4.69, 9.17) is 4.98 Å². The van der Waals surface area contributed by atoms with Crippen LogP contribution in [0.3, 0.4) is 0 Å². The van der Waals surface area contributed by atoms with E-state index in [-0.39, 0.29) is 0 Å². The minimum absolute atomic E-state index is 0.999. The smallest absolute Gasteiger partial charge is 0.113 e. The fourth-order valence-corrected chi connectivity index (χ4v) is 2.97. The lowest BCUT2D eigenvalue weighted by atomic mass is 10.2. The molecule has 3 aromatic rings. The number of benzene rings is 1. The van der Waals surface area contributed by atoms with Gasteiger partial charge in [0.05, 0.1) is 10.6 Å². The van der Waals surface area contributed by atoms with Crippen molar-refractivity contribution < 1.29 is 0 Å². The number of nitrogens with zero attached hydrogens (tertiary/aromatic N) is 2. The van der Waals surface area contributed by atoms with E-state index in [0.29, 0.717) is 0 Å². The van der Waals surface area contributed by atoms with E-state index in [2.05, 4.69) is 66.4 Å². The normalized spacial score (nSPS) is 10.9. The molecule has 3 rings (SSSR count). The van der Waals surface area contributed by atoms with Crippen LogP contribution in [0.1, 0.15) is 24.7 Å². The molecule has 0 amide bonds. The summed E-state index contributed by atoms with van der Waals surface area (Å²) in [5.74, 6) is 1.14. The topological polar surface area (TPSA) is 17.8 Å². The predicted octanol–water partition coefficient (Wildman–Crippen LogP) is 4.86. The highest BCUT2D eigenvalue weighted by Gasteiger charge is 2.11. The van der Waals surface area contributed by atoms with Gasteiger partial charge in [-0.25, -0.2) is 4.98 Å². The van der Waals surface area contributed by atoms with Crippen molar-refractivity contribution in [3.05, 3.63) is 59.4 Å². The van der Waals surface area contributed by atoms with E-state index >= 15 is 0 Å². The van der Waals surface area contributed by atoms with Crippen molar-refractivity contribution in [1.29, 1.82) is 0 Å². The summed E-state index contributed by atoms with van der Waals surface area (Å²) in [6.07, 6.45) is 4.26. The Balaban J connectivity index is 2.06. The van der Waals surface area contributed by atoms with E-state index < -0.39 is 0 Å². The Morgan fingerprint density at radius 2 is 1.95 bits per heavy atom. The summed E-state index contributed by atoms with van der Waals surface area (Å²) in [6, 6.07) is 12.8. The zero-order valence-corrected chi connectivity index (χ0v) is 12.7. The maximum Gasteiger partial charge on any atom is 0.113 e. The molecule has 20 heavy (non-hydrogen) atoms. The monoisotopic (exact) mass is 282 g/mol. The molecule has 0 N–H and O–H groups in total. The predicted molar refractivity (Wildman–Crippen MR) is 85.6 cm³/mol. The highest BCUT2D eigenvalue weighted by molar-refractivity contribution is 7.13. The highest BCUT2D eigenvalue weighted by Crippen LogP contribution is 2.26. The number of aryl methyl sites for hydroxylation is 2. The first-order valence-electron chi connectivity index (χ1n) is 6.97. The Labute approximate surface area is 123 Å². The summed E-state index contributed by atoms with van der Waals surface area (Å²) in [7, 11) is 0. The quantitative estimate of drug-likeness (QED) is 0.668. The van der Waals surface area contributed by atoms with Gasteiger partial charge in [0.15, 0.2) is 0 Å². The Morgan fingerprint density at radius 3 is 2.60 bits per heavy atom. The van der Waals surface area contributed by atoms with Gasteiger partial charge in [-0.1, -0.05) is 30.7 Å². The zero-order valence-electron chi connectivity index (χ0n) is 11.8. The van der Waals surface area contributed by atoms with Crippen molar-refractivity contribution in [2.75, 3.05) is 0 Å². The molecule has 0 unspecified atom stereocenters. The Kier molecular flexibility index (Phi) is 3.70. The maximum atomic E-state index is 4.81. The molecule has 0 atom stereocenters. The third kappa shape index (κ3) is 2.54. The van der Waals surface area contributed by atoms with Crippen LogP contribution in [0.15, 0.2) is 48.0 Å². The van der Waals surface area contributed by atoms with Gasteiger partial charge in [-0.3, -0.25) is 0 Å². The Hall–Kier alpha value is -1.87. The second kappa shape index (κ2) is 5.63. The molecular formula is C17H18N2S. The molecule has 0 bridgehead atoms. The molecule has 0 spiro atoms. The van der Waals surface area contributed by atoms with E-state index in [0.717, 1.165) is 24.4 Å². The third-order valence-electron chi connectivity index (χ3n) is 3.34. The number of rotatable bonds is 4. The van der Waals surface area contributed by atoms with E-state index in [9.17, 15) is 0 Å². The molecule has 0 aliphatic rings. The van der Waals surface area contributed by atoms with Gasteiger partial charge in [-0.05, 0) is 36.9 Å². The first-order valence-corrected chi connectivity index (χ1v) is 7.85. The molecule has 3 heteroatoms. The van der Waals surface area contributed by atoms with Crippen molar-refractivity contribution in [3.8, 4) is 16.3 Å². The average molecular weight is 282 g/mol. The molecule has 2 nitrogen and oxygen atoms in total. The molecule has 0 saturated carbocycles. The molecule has 2 aromatic heterocycles. The summed E-state index contributed by atoms with van der Waals surface area (Å²) in [4.78, 5) is 6.04. The van der Waals surface area contributed by atoms with Gasteiger partial charge in [-0.2, -0.15) is 0 Å². The standard InChI is InChI=1S/C17H18N2S/c1-3-5-17-18-15(16-6-4-11-20-16)12-19(17)14-9-7-13(2)8-10-14/h4,6-12H,3,5H2,1-2H3. The van der Waals surface area contributed by atoms with Gasteiger partial charge in [0.2, 0.25) is 0 Å². The van der Waals surface area contributed by atoms with Gasteiger partial charge in [0.1, 0.15) is 5.82 Å². The molecule has 0 aliphatic carbocycles. The van der Waals surface area contributed by atoms with Gasteiger partial charge < -0.3 is 4.57 Å². The van der Waals surface area contributed by atoms with E-state index in [1.165, 1.54) is 16.1 Å². The van der Waals surface area contributed by atoms with Crippen LogP contribution in [-0.4, -0.2) is 9.55 Å². The van der Waals surface area contributed by atoms with Crippen molar-refractivity contribution in [3.63, 3.8) is 0 Å².